The van der Waals surface area contributed by atoms with Gasteiger partial charge in [-0.2, -0.15) is 0 Å². The fourth-order valence-electron chi connectivity index (χ4n) is 3.54. The van der Waals surface area contributed by atoms with E-state index < -0.39 is 29.7 Å². The fourth-order valence-corrected chi connectivity index (χ4v) is 4.64. The molecule has 0 saturated carbocycles. The van der Waals surface area contributed by atoms with Gasteiger partial charge in [-0.25, -0.2) is 9.78 Å². The lowest BCUT2D eigenvalue weighted by Gasteiger charge is -2.18. The minimum absolute atomic E-state index is 0.0513. The maximum atomic E-state index is 13.0. The number of nitrogens with zero attached hydrogens (tertiary/aromatic N) is 1. The summed E-state index contributed by atoms with van der Waals surface area (Å²) in [6.45, 7) is 1.82. The number of aromatic nitrogens is 1. The molecule has 0 radical (unpaired) electrons. The average Bonchev–Trinajstić information content (AvgIpc) is 2.96. The number of ether oxygens (including phenoxy) is 1. The van der Waals surface area contributed by atoms with Crippen molar-refractivity contribution in [3.8, 4) is 0 Å². The molecule has 41 heavy (non-hydrogen) atoms. The van der Waals surface area contributed by atoms with Crippen LogP contribution in [0.15, 0.2) is 93.8 Å². The Hall–Kier alpha value is -4.03. The first-order chi connectivity index (χ1) is 19.8. The minimum Gasteiger partial charge on any atom is -0.464 e. The Labute approximate surface area is 254 Å². The van der Waals surface area contributed by atoms with Gasteiger partial charge in [-0.3, -0.25) is 14.4 Å². The first-order valence-electron chi connectivity index (χ1n) is 12.7. The summed E-state index contributed by atoms with van der Waals surface area (Å²) in [5.41, 5.74) is 1.13. The van der Waals surface area contributed by atoms with E-state index in [0.717, 1.165) is 10.0 Å². The number of halogens is 2. The third kappa shape index (κ3) is 10.5. The van der Waals surface area contributed by atoms with Crippen LogP contribution >= 0.6 is 31.9 Å². The summed E-state index contributed by atoms with van der Waals surface area (Å²) < 4.78 is 6.49. The Balaban J connectivity index is 1.64. The second-order valence-corrected chi connectivity index (χ2v) is 10.3. The van der Waals surface area contributed by atoms with Crippen LogP contribution in [-0.2, 0) is 25.5 Å². The maximum absolute atomic E-state index is 13.0. The molecule has 0 aliphatic rings. The van der Waals surface area contributed by atoms with Gasteiger partial charge in [-0.05, 0) is 62.5 Å². The number of anilines is 1. The number of nitrogens with one attached hydrogen (secondary N) is 4. The van der Waals surface area contributed by atoms with Gasteiger partial charge in [-0.15, -0.1) is 0 Å². The van der Waals surface area contributed by atoms with Crippen molar-refractivity contribution in [1.29, 1.82) is 0 Å². The normalized spacial score (nSPS) is 11.6. The van der Waals surface area contributed by atoms with Crippen LogP contribution in [0.1, 0.15) is 29.3 Å². The molecular weight excluding hydrogens is 658 g/mol. The summed E-state index contributed by atoms with van der Waals surface area (Å²) in [7, 11) is 0. The van der Waals surface area contributed by atoms with Crippen LogP contribution in [0.4, 0.5) is 5.82 Å². The van der Waals surface area contributed by atoms with Crippen molar-refractivity contribution in [3.05, 3.63) is 105 Å². The standard InChI is InChI=1S/C29H29Br2N5O5/c1-2-41-29(40)23(15-19-9-5-3-6-10-19)35-25(37)13-14-32-28(39)24(36-27(38)20-11-7-4-8-12-20)18-34-26-22(31)16-21(30)17-33-26/h3-12,16-18,23H,2,13-15H2,1H3,(H,32,39)(H,33,34)(H,35,37)(H,36,38)/b24-18-/t23-/m0/s1. The Bertz CT molecular complexity index is 1390. The molecule has 0 aliphatic carbocycles. The molecule has 12 heteroatoms. The Morgan fingerprint density at radius 2 is 1.68 bits per heavy atom. The van der Waals surface area contributed by atoms with Crippen molar-refractivity contribution in [2.75, 3.05) is 18.5 Å². The zero-order valence-electron chi connectivity index (χ0n) is 22.2. The average molecular weight is 687 g/mol. The predicted molar refractivity (Wildman–Crippen MR) is 162 cm³/mol. The molecule has 3 rings (SSSR count). The van der Waals surface area contributed by atoms with Gasteiger partial charge in [0.1, 0.15) is 17.6 Å². The largest absolute Gasteiger partial charge is 0.464 e. The number of rotatable bonds is 13. The van der Waals surface area contributed by atoms with Gasteiger partial charge in [0.15, 0.2) is 0 Å². The summed E-state index contributed by atoms with van der Waals surface area (Å²) in [5.74, 6) is -1.70. The summed E-state index contributed by atoms with van der Waals surface area (Å²) in [6.07, 6.45) is 3.04. The first-order valence-corrected chi connectivity index (χ1v) is 14.3. The number of amides is 3. The van der Waals surface area contributed by atoms with E-state index in [1.807, 2.05) is 30.3 Å². The molecule has 0 unspecified atom stereocenters. The molecule has 214 valence electrons. The van der Waals surface area contributed by atoms with E-state index in [-0.39, 0.29) is 31.7 Å². The van der Waals surface area contributed by atoms with Crippen LogP contribution in [0.25, 0.3) is 0 Å². The number of hydrogen-bond donors (Lipinski definition) is 4. The van der Waals surface area contributed by atoms with E-state index in [9.17, 15) is 19.2 Å². The van der Waals surface area contributed by atoms with E-state index in [2.05, 4.69) is 58.1 Å². The van der Waals surface area contributed by atoms with Gasteiger partial charge in [0, 0.05) is 41.8 Å². The summed E-state index contributed by atoms with van der Waals surface area (Å²) in [6, 6.07) is 18.6. The summed E-state index contributed by atoms with van der Waals surface area (Å²) in [4.78, 5) is 55.1. The van der Waals surface area contributed by atoms with Gasteiger partial charge in [-0.1, -0.05) is 48.5 Å². The molecule has 2 aromatic carbocycles. The highest BCUT2D eigenvalue weighted by molar-refractivity contribution is 9.11. The Morgan fingerprint density at radius 1 is 1.00 bits per heavy atom. The van der Waals surface area contributed by atoms with E-state index in [1.54, 1.807) is 49.5 Å². The lowest BCUT2D eigenvalue weighted by atomic mass is 10.1. The van der Waals surface area contributed by atoms with Gasteiger partial charge >= 0.3 is 5.97 Å². The third-order valence-corrected chi connectivity index (χ3v) is 6.55. The van der Waals surface area contributed by atoms with Gasteiger partial charge < -0.3 is 26.0 Å². The number of carbonyl (C=O) groups is 4. The van der Waals surface area contributed by atoms with Crippen molar-refractivity contribution < 1.29 is 23.9 Å². The number of benzene rings is 2. The molecule has 0 bridgehead atoms. The molecule has 3 amide bonds. The van der Waals surface area contributed by atoms with Crippen LogP contribution in [0, 0.1) is 0 Å². The molecule has 0 saturated heterocycles. The molecule has 0 spiro atoms. The van der Waals surface area contributed by atoms with Crippen LogP contribution in [0.3, 0.4) is 0 Å². The summed E-state index contributed by atoms with van der Waals surface area (Å²) >= 11 is 6.72. The van der Waals surface area contributed by atoms with Crippen molar-refractivity contribution in [2.45, 2.75) is 25.8 Å². The van der Waals surface area contributed by atoms with Crippen LogP contribution in [0.5, 0.6) is 0 Å². The summed E-state index contributed by atoms with van der Waals surface area (Å²) in [5, 5.41) is 10.8. The molecular formula is C29H29Br2N5O5. The van der Waals surface area contributed by atoms with Crippen LogP contribution in [0.2, 0.25) is 0 Å². The van der Waals surface area contributed by atoms with Crippen molar-refractivity contribution in [1.82, 2.24) is 20.9 Å². The zero-order chi connectivity index (χ0) is 29.6. The molecule has 1 heterocycles. The van der Waals surface area contributed by atoms with E-state index >= 15 is 0 Å². The monoisotopic (exact) mass is 685 g/mol. The fraction of sp³-hybridized carbons (Fsp3) is 0.207. The van der Waals surface area contributed by atoms with Crippen molar-refractivity contribution >= 4 is 61.4 Å². The maximum Gasteiger partial charge on any atom is 0.328 e. The van der Waals surface area contributed by atoms with E-state index in [0.29, 0.717) is 15.9 Å². The topological polar surface area (TPSA) is 139 Å². The predicted octanol–water partition coefficient (Wildman–Crippen LogP) is 4.09. The van der Waals surface area contributed by atoms with Crippen LogP contribution in [-0.4, -0.2) is 47.9 Å². The highest BCUT2D eigenvalue weighted by Crippen LogP contribution is 2.23. The van der Waals surface area contributed by atoms with Crippen molar-refractivity contribution in [2.24, 2.45) is 0 Å². The lowest BCUT2D eigenvalue weighted by Crippen LogP contribution is -2.44. The second kappa shape index (κ2) is 16.3. The highest BCUT2D eigenvalue weighted by atomic mass is 79.9. The van der Waals surface area contributed by atoms with E-state index in [1.165, 1.54) is 6.20 Å². The molecule has 4 N–H and O–H groups in total. The first kappa shape index (κ1) is 31.5. The highest BCUT2D eigenvalue weighted by Gasteiger charge is 2.23. The number of carbonyl (C=O) groups excluding carboxylic acids is 4. The number of esters is 1. The second-order valence-electron chi connectivity index (χ2n) is 8.57. The molecule has 1 atom stereocenters. The Morgan fingerprint density at radius 3 is 2.34 bits per heavy atom. The molecule has 1 aromatic heterocycles. The van der Waals surface area contributed by atoms with Gasteiger partial charge in [0.2, 0.25) is 5.91 Å². The molecule has 3 aromatic rings. The smallest absolute Gasteiger partial charge is 0.328 e. The lowest BCUT2D eigenvalue weighted by molar-refractivity contribution is -0.147. The SMILES string of the molecule is CCOC(=O)[C@H](Cc1ccccc1)NC(=O)CCNC(=O)/C(=C/Nc1ncc(Br)cc1Br)NC(=O)c1ccccc1. The van der Waals surface area contributed by atoms with Gasteiger partial charge in [0.25, 0.3) is 11.8 Å². The molecule has 10 nitrogen and oxygen atoms in total. The number of pyridine rings is 1. The quantitative estimate of drug-likeness (QED) is 0.157. The molecule has 0 fully saturated rings. The molecule has 0 aliphatic heterocycles. The number of hydrogen-bond acceptors (Lipinski definition) is 7. The van der Waals surface area contributed by atoms with Crippen LogP contribution < -0.4 is 21.3 Å². The zero-order valence-corrected chi connectivity index (χ0v) is 25.3. The van der Waals surface area contributed by atoms with E-state index in [4.69, 9.17) is 4.74 Å². The van der Waals surface area contributed by atoms with Crippen molar-refractivity contribution in [3.63, 3.8) is 0 Å². The van der Waals surface area contributed by atoms with Gasteiger partial charge in [0.05, 0.1) is 11.1 Å². The third-order valence-electron chi connectivity index (χ3n) is 5.52. The Kier molecular flexibility index (Phi) is 12.5. The minimum atomic E-state index is -0.873.